The van der Waals surface area contributed by atoms with Gasteiger partial charge in [0.05, 0.1) is 7.11 Å². The smallest absolute Gasteiger partial charge is 0.441 e. The first kappa shape index (κ1) is 17.8. The molecule has 1 heterocycles. The molecule has 0 saturated heterocycles. The zero-order valence-corrected chi connectivity index (χ0v) is 14.7. The average Bonchev–Trinajstić information content (AvgIpc) is 3.05. The molecule has 0 saturated carbocycles. The van der Waals surface area contributed by atoms with E-state index >= 15 is 0 Å². The van der Waals surface area contributed by atoms with Crippen molar-refractivity contribution in [3.05, 3.63) is 75.2 Å². The maximum Gasteiger partial charge on any atom is 0.441 e. The van der Waals surface area contributed by atoms with Crippen molar-refractivity contribution in [3.8, 4) is 11.4 Å². The van der Waals surface area contributed by atoms with Crippen LogP contribution in [0.1, 0.15) is 16.1 Å². The molecule has 0 aliphatic carbocycles. The maximum absolute atomic E-state index is 12.4. The highest BCUT2D eigenvalue weighted by atomic mass is 35.5. The van der Waals surface area contributed by atoms with E-state index in [1.807, 2.05) is 18.2 Å². The second-order valence-electron chi connectivity index (χ2n) is 5.46. The van der Waals surface area contributed by atoms with E-state index < -0.39 is 11.5 Å². The molecule has 0 aliphatic rings. The molecule has 134 valence electrons. The Labute approximate surface area is 154 Å². The van der Waals surface area contributed by atoms with Crippen LogP contribution in [0.15, 0.2) is 57.8 Å². The molecular weight excluding hydrogens is 358 g/mol. The van der Waals surface area contributed by atoms with Crippen LogP contribution in [-0.4, -0.2) is 24.8 Å². The molecule has 2 aromatic carbocycles. The van der Waals surface area contributed by atoms with Crippen molar-refractivity contribution < 1.29 is 18.7 Å². The van der Waals surface area contributed by atoms with Gasteiger partial charge in [0.1, 0.15) is 5.75 Å². The molecule has 1 aromatic heterocycles. The number of nitrogens with zero attached hydrogens (tertiary/aromatic N) is 1. The number of nitrogens with one attached hydrogen (secondary N) is 2. The van der Waals surface area contributed by atoms with Crippen LogP contribution >= 0.6 is 11.6 Å². The van der Waals surface area contributed by atoms with Crippen molar-refractivity contribution in [2.75, 3.05) is 13.7 Å². The number of rotatable bonds is 6. The molecule has 8 heteroatoms. The van der Waals surface area contributed by atoms with Crippen LogP contribution in [-0.2, 0) is 6.42 Å². The zero-order chi connectivity index (χ0) is 18.5. The SMILES string of the molecule is COc1ccc(-[n+]2[nH]oc(=O)c2C(=O)NCCc2ccccc2Cl)cc1. The van der Waals surface area contributed by atoms with Crippen molar-refractivity contribution in [3.63, 3.8) is 0 Å². The minimum Gasteiger partial charge on any atom is -0.497 e. The average molecular weight is 375 g/mol. The summed E-state index contributed by atoms with van der Waals surface area (Å²) in [4.78, 5) is 24.4. The molecule has 0 radical (unpaired) electrons. The number of hydrogen-bond donors (Lipinski definition) is 2. The van der Waals surface area contributed by atoms with Gasteiger partial charge in [0, 0.05) is 23.7 Å². The normalized spacial score (nSPS) is 10.5. The number of amides is 1. The number of H-pyrrole nitrogens is 1. The van der Waals surface area contributed by atoms with Gasteiger partial charge in [-0.15, -0.1) is 0 Å². The third-order valence-corrected chi connectivity index (χ3v) is 4.20. The Bertz CT molecular complexity index is 963. The largest absolute Gasteiger partial charge is 0.497 e. The number of benzene rings is 2. The van der Waals surface area contributed by atoms with Crippen molar-refractivity contribution in [1.82, 2.24) is 10.6 Å². The third-order valence-electron chi connectivity index (χ3n) is 3.83. The van der Waals surface area contributed by atoms with E-state index in [1.165, 1.54) is 4.68 Å². The highest BCUT2D eigenvalue weighted by molar-refractivity contribution is 6.31. The molecule has 0 spiro atoms. The lowest BCUT2D eigenvalue weighted by molar-refractivity contribution is -0.672. The van der Waals surface area contributed by atoms with E-state index in [0.717, 1.165) is 5.56 Å². The first-order valence-electron chi connectivity index (χ1n) is 7.89. The fourth-order valence-electron chi connectivity index (χ4n) is 2.48. The summed E-state index contributed by atoms with van der Waals surface area (Å²) in [5, 5.41) is 5.78. The van der Waals surface area contributed by atoms with Crippen LogP contribution in [0.4, 0.5) is 0 Å². The number of hydrogen-bond acceptors (Lipinski definition) is 4. The second-order valence-corrected chi connectivity index (χ2v) is 5.87. The van der Waals surface area contributed by atoms with Gasteiger partial charge in [0.2, 0.25) is 5.69 Å². The highest BCUT2D eigenvalue weighted by Gasteiger charge is 2.30. The summed E-state index contributed by atoms with van der Waals surface area (Å²) in [5.41, 5.74) is 0.580. The molecule has 2 N–H and O–H groups in total. The van der Waals surface area contributed by atoms with Gasteiger partial charge in [-0.2, -0.15) is 0 Å². The fraction of sp³-hybridized carbons (Fsp3) is 0.167. The minimum atomic E-state index is -0.754. The van der Waals surface area contributed by atoms with Crippen LogP contribution < -0.4 is 20.4 Å². The summed E-state index contributed by atoms with van der Waals surface area (Å²) in [5.74, 6) is 0.119. The standard InChI is InChI=1S/C18H16ClN3O4/c1-25-14-8-6-13(7-9-14)22-16(18(24)26-21-22)17(23)20-11-10-12-4-2-3-5-15(12)19/h2-9H,10-11H2,1H3,(H-,20,21,23,24)/p+1. The van der Waals surface area contributed by atoms with Crippen LogP contribution in [0.2, 0.25) is 5.02 Å². The van der Waals surface area contributed by atoms with E-state index in [-0.39, 0.29) is 5.69 Å². The molecule has 0 unspecified atom stereocenters. The number of halogens is 1. The number of carbonyl (C=O) groups excluding carboxylic acids is 1. The van der Waals surface area contributed by atoms with E-state index in [9.17, 15) is 9.59 Å². The Morgan fingerprint density at radius 2 is 1.96 bits per heavy atom. The topological polar surface area (TPSA) is 88.2 Å². The monoisotopic (exact) mass is 374 g/mol. The van der Waals surface area contributed by atoms with Crippen molar-refractivity contribution in [2.24, 2.45) is 0 Å². The first-order chi connectivity index (χ1) is 12.6. The molecular formula is C18H17ClN3O4+. The predicted molar refractivity (Wildman–Crippen MR) is 94.9 cm³/mol. The Hall–Kier alpha value is -3.06. The Morgan fingerprint density at radius 3 is 2.65 bits per heavy atom. The Morgan fingerprint density at radius 1 is 1.23 bits per heavy atom. The van der Waals surface area contributed by atoms with E-state index in [4.69, 9.17) is 20.9 Å². The Balaban J connectivity index is 1.74. The number of methoxy groups -OCH3 is 1. The lowest BCUT2D eigenvalue weighted by atomic mass is 10.1. The summed E-state index contributed by atoms with van der Waals surface area (Å²) in [7, 11) is 1.56. The number of ether oxygens (including phenoxy) is 1. The first-order valence-corrected chi connectivity index (χ1v) is 8.27. The van der Waals surface area contributed by atoms with Crippen LogP contribution in [0.25, 0.3) is 5.69 Å². The molecule has 0 atom stereocenters. The minimum absolute atomic E-state index is 0.144. The summed E-state index contributed by atoms with van der Waals surface area (Å²) in [6.07, 6.45) is 0.545. The summed E-state index contributed by atoms with van der Waals surface area (Å²) >= 11 is 6.10. The van der Waals surface area contributed by atoms with Gasteiger partial charge in [-0.1, -0.05) is 29.8 Å². The van der Waals surface area contributed by atoms with E-state index in [2.05, 4.69) is 10.6 Å². The third kappa shape index (κ3) is 3.78. The summed E-state index contributed by atoms with van der Waals surface area (Å²) in [6, 6.07) is 14.2. The van der Waals surface area contributed by atoms with Gasteiger partial charge >= 0.3 is 17.2 Å². The molecule has 0 aliphatic heterocycles. The summed E-state index contributed by atoms with van der Waals surface area (Å²) in [6.45, 7) is 0.329. The second kappa shape index (κ2) is 7.88. The Kier molecular flexibility index (Phi) is 5.38. The lowest BCUT2D eigenvalue weighted by Crippen LogP contribution is -2.45. The lowest BCUT2D eigenvalue weighted by Gasteiger charge is -2.04. The molecule has 3 aromatic rings. The van der Waals surface area contributed by atoms with E-state index in [1.54, 1.807) is 37.4 Å². The maximum atomic E-state index is 12.4. The quantitative estimate of drug-likeness (QED) is 0.645. The van der Waals surface area contributed by atoms with Crippen LogP contribution in [0.3, 0.4) is 0 Å². The molecule has 1 amide bonds. The van der Waals surface area contributed by atoms with Gasteiger partial charge in [-0.25, -0.2) is 4.79 Å². The van der Waals surface area contributed by atoms with Gasteiger partial charge in [0.25, 0.3) is 0 Å². The van der Waals surface area contributed by atoms with Gasteiger partial charge < -0.3 is 10.1 Å². The van der Waals surface area contributed by atoms with Crippen molar-refractivity contribution in [1.29, 1.82) is 0 Å². The zero-order valence-electron chi connectivity index (χ0n) is 14.0. The van der Waals surface area contributed by atoms with Gasteiger partial charge in [-0.3, -0.25) is 9.32 Å². The molecule has 0 bridgehead atoms. The summed E-state index contributed by atoms with van der Waals surface area (Å²) < 4.78 is 11.2. The molecule has 7 nitrogen and oxygen atoms in total. The molecule has 26 heavy (non-hydrogen) atoms. The van der Waals surface area contributed by atoms with Crippen LogP contribution in [0.5, 0.6) is 5.75 Å². The number of aromatic amines is 1. The van der Waals surface area contributed by atoms with Crippen LogP contribution in [0, 0.1) is 0 Å². The molecule has 3 rings (SSSR count). The van der Waals surface area contributed by atoms with Gasteiger partial charge in [0.15, 0.2) is 0 Å². The molecule has 0 fully saturated rings. The highest BCUT2D eigenvalue weighted by Crippen LogP contribution is 2.15. The fourth-order valence-corrected chi connectivity index (χ4v) is 2.71. The van der Waals surface area contributed by atoms with Crippen molar-refractivity contribution in [2.45, 2.75) is 6.42 Å². The predicted octanol–water partition coefficient (Wildman–Crippen LogP) is 1.88. The van der Waals surface area contributed by atoms with Crippen molar-refractivity contribution >= 4 is 17.5 Å². The van der Waals surface area contributed by atoms with Gasteiger partial charge in [-0.05, 0) is 40.1 Å². The number of carbonyl (C=O) groups is 1. The van der Waals surface area contributed by atoms with E-state index in [0.29, 0.717) is 29.4 Å². The number of aromatic nitrogens is 2.